The van der Waals surface area contributed by atoms with Crippen molar-refractivity contribution in [2.45, 2.75) is 26.3 Å². The molecule has 0 bridgehead atoms. The van der Waals surface area contributed by atoms with Gasteiger partial charge in [-0.1, -0.05) is 30.3 Å². The fraction of sp³-hybridized carbons (Fsp3) is 0.458. The van der Waals surface area contributed by atoms with E-state index in [2.05, 4.69) is 58.2 Å². The minimum atomic E-state index is 0.491. The van der Waals surface area contributed by atoms with Crippen molar-refractivity contribution in [2.24, 2.45) is 10.9 Å². The first-order valence-corrected chi connectivity index (χ1v) is 10.8. The maximum absolute atomic E-state index is 6.13. The van der Waals surface area contributed by atoms with Gasteiger partial charge in [-0.3, -0.25) is 4.99 Å². The van der Waals surface area contributed by atoms with E-state index < -0.39 is 0 Å². The van der Waals surface area contributed by atoms with Crippen LogP contribution in [0, 0.1) is 12.8 Å². The van der Waals surface area contributed by atoms with Gasteiger partial charge >= 0.3 is 0 Å². The summed E-state index contributed by atoms with van der Waals surface area (Å²) in [5.74, 6) is 2.23. The Balaban J connectivity index is 1.41. The normalized spacial score (nSPS) is 16.3. The predicted octanol–water partition coefficient (Wildman–Crippen LogP) is 3.58. The summed E-state index contributed by atoms with van der Waals surface area (Å²) >= 11 is 0. The molecule has 0 aromatic heterocycles. The summed E-state index contributed by atoms with van der Waals surface area (Å²) in [6.45, 7) is 6.87. The smallest absolute Gasteiger partial charge is 0.191 e. The number of nitrogens with one attached hydrogen (secondary N) is 3. The molecule has 6 heteroatoms. The molecular formula is C24H34N4O2. The summed E-state index contributed by atoms with van der Waals surface area (Å²) in [6.07, 6.45) is 2.08. The predicted molar refractivity (Wildman–Crippen MR) is 123 cm³/mol. The lowest BCUT2D eigenvalue weighted by Crippen LogP contribution is -2.37. The highest BCUT2D eigenvalue weighted by Gasteiger charge is 2.17. The number of nitrogens with zero attached hydrogens (tertiary/aromatic N) is 1. The molecule has 2 aromatic carbocycles. The monoisotopic (exact) mass is 410 g/mol. The zero-order chi connectivity index (χ0) is 21.0. The van der Waals surface area contributed by atoms with Gasteiger partial charge in [0.05, 0.1) is 13.2 Å². The van der Waals surface area contributed by atoms with Crippen molar-refractivity contribution in [1.29, 1.82) is 0 Å². The van der Waals surface area contributed by atoms with E-state index in [4.69, 9.17) is 9.47 Å². The lowest BCUT2D eigenvalue weighted by Gasteiger charge is -2.17. The van der Waals surface area contributed by atoms with E-state index >= 15 is 0 Å². The summed E-state index contributed by atoms with van der Waals surface area (Å²) in [5, 5.41) is 10.2. The zero-order valence-corrected chi connectivity index (χ0v) is 18.1. The highest BCUT2D eigenvalue weighted by Crippen LogP contribution is 2.22. The molecule has 0 spiro atoms. The van der Waals surface area contributed by atoms with Crippen LogP contribution in [0.25, 0.3) is 0 Å². The van der Waals surface area contributed by atoms with Crippen molar-refractivity contribution in [3.8, 4) is 5.75 Å². The van der Waals surface area contributed by atoms with Gasteiger partial charge in [0.2, 0.25) is 0 Å². The van der Waals surface area contributed by atoms with Gasteiger partial charge in [0, 0.05) is 50.5 Å². The lowest BCUT2D eigenvalue weighted by atomic mass is 10.1. The third-order valence-electron chi connectivity index (χ3n) is 5.14. The molecule has 1 unspecified atom stereocenters. The number of aryl methyl sites for hydroxylation is 1. The number of guanidine groups is 1. The Hall–Kier alpha value is -2.73. The third kappa shape index (κ3) is 7.26. The molecule has 1 aliphatic heterocycles. The lowest BCUT2D eigenvalue weighted by molar-refractivity contribution is 0.166. The second-order valence-corrected chi connectivity index (χ2v) is 7.65. The van der Waals surface area contributed by atoms with Crippen LogP contribution in [0.3, 0.4) is 0 Å². The van der Waals surface area contributed by atoms with Gasteiger partial charge in [-0.2, -0.15) is 0 Å². The average Bonchev–Trinajstić information content (AvgIpc) is 3.29. The number of hydrogen-bond acceptors (Lipinski definition) is 4. The molecule has 0 aliphatic carbocycles. The molecule has 0 saturated carbocycles. The molecule has 1 aliphatic rings. The number of aliphatic imine (C=N–C) groups is 1. The van der Waals surface area contributed by atoms with Crippen LogP contribution in [0.1, 0.15) is 24.0 Å². The van der Waals surface area contributed by atoms with Crippen molar-refractivity contribution < 1.29 is 9.47 Å². The van der Waals surface area contributed by atoms with Gasteiger partial charge in [-0.25, -0.2) is 0 Å². The Morgan fingerprint density at radius 3 is 2.77 bits per heavy atom. The molecule has 1 heterocycles. The molecule has 0 radical (unpaired) electrons. The number of para-hydroxylation sites is 1. The van der Waals surface area contributed by atoms with Crippen LogP contribution in [0.5, 0.6) is 5.75 Å². The van der Waals surface area contributed by atoms with Gasteiger partial charge < -0.3 is 25.4 Å². The van der Waals surface area contributed by atoms with E-state index in [9.17, 15) is 0 Å². The topological polar surface area (TPSA) is 66.9 Å². The fourth-order valence-corrected chi connectivity index (χ4v) is 3.35. The first-order chi connectivity index (χ1) is 14.7. The number of rotatable bonds is 10. The van der Waals surface area contributed by atoms with Gasteiger partial charge in [0.1, 0.15) is 5.75 Å². The van der Waals surface area contributed by atoms with Gasteiger partial charge in [-0.05, 0) is 43.5 Å². The van der Waals surface area contributed by atoms with Gasteiger partial charge in [0.25, 0.3) is 0 Å². The first-order valence-electron chi connectivity index (χ1n) is 10.8. The molecule has 1 fully saturated rings. The molecule has 0 amide bonds. The molecule has 2 aromatic rings. The molecule has 162 valence electrons. The van der Waals surface area contributed by atoms with Gasteiger partial charge in [0.15, 0.2) is 5.96 Å². The number of hydrogen-bond donors (Lipinski definition) is 3. The van der Waals surface area contributed by atoms with E-state index in [0.717, 1.165) is 62.1 Å². The Morgan fingerprint density at radius 2 is 2.00 bits per heavy atom. The van der Waals surface area contributed by atoms with E-state index in [1.807, 2.05) is 18.2 Å². The van der Waals surface area contributed by atoms with Crippen molar-refractivity contribution in [1.82, 2.24) is 10.6 Å². The molecule has 1 atom stereocenters. The minimum absolute atomic E-state index is 0.491. The largest absolute Gasteiger partial charge is 0.493 e. The van der Waals surface area contributed by atoms with Crippen LogP contribution in [-0.2, 0) is 11.3 Å². The van der Waals surface area contributed by atoms with Crippen molar-refractivity contribution in [3.05, 3.63) is 59.7 Å². The van der Waals surface area contributed by atoms with Crippen LogP contribution in [0.15, 0.2) is 53.5 Å². The molecule has 3 rings (SSSR count). The van der Waals surface area contributed by atoms with E-state index in [1.165, 1.54) is 5.56 Å². The molecule has 6 nitrogen and oxygen atoms in total. The highest BCUT2D eigenvalue weighted by molar-refractivity contribution is 5.79. The SMILES string of the molecule is CN=C(NCCCNc1ccccc1)NCc1ccc(C)cc1OCC1CCOC1. The van der Waals surface area contributed by atoms with Crippen LogP contribution >= 0.6 is 0 Å². The third-order valence-corrected chi connectivity index (χ3v) is 5.14. The van der Waals surface area contributed by atoms with E-state index in [0.29, 0.717) is 19.1 Å². The zero-order valence-electron chi connectivity index (χ0n) is 18.1. The average molecular weight is 411 g/mol. The molecule has 1 saturated heterocycles. The molecular weight excluding hydrogens is 376 g/mol. The second-order valence-electron chi connectivity index (χ2n) is 7.65. The van der Waals surface area contributed by atoms with Crippen molar-refractivity contribution in [2.75, 3.05) is 45.3 Å². The van der Waals surface area contributed by atoms with Crippen molar-refractivity contribution in [3.63, 3.8) is 0 Å². The summed E-state index contributed by atoms with van der Waals surface area (Å²) in [7, 11) is 1.80. The Kier molecular flexibility index (Phi) is 8.84. The summed E-state index contributed by atoms with van der Waals surface area (Å²) in [4.78, 5) is 4.33. The summed E-state index contributed by atoms with van der Waals surface area (Å²) in [5.41, 5.74) is 3.48. The second kappa shape index (κ2) is 12.1. The van der Waals surface area contributed by atoms with E-state index in [1.54, 1.807) is 7.05 Å². The Labute approximate surface area is 180 Å². The van der Waals surface area contributed by atoms with Crippen LogP contribution < -0.4 is 20.7 Å². The quantitative estimate of drug-likeness (QED) is 0.317. The maximum Gasteiger partial charge on any atom is 0.191 e. The Bertz CT molecular complexity index is 789. The fourth-order valence-electron chi connectivity index (χ4n) is 3.35. The summed E-state index contributed by atoms with van der Waals surface area (Å²) in [6, 6.07) is 16.6. The number of anilines is 1. The van der Waals surface area contributed by atoms with Gasteiger partial charge in [-0.15, -0.1) is 0 Å². The first kappa shape index (κ1) is 22.0. The molecule has 30 heavy (non-hydrogen) atoms. The summed E-state index contributed by atoms with van der Waals surface area (Å²) < 4.78 is 11.6. The number of ether oxygens (including phenoxy) is 2. The molecule has 3 N–H and O–H groups in total. The Morgan fingerprint density at radius 1 is 1.13 bits per heavy atom. The van der Waals surface area contributed by atoms with Crippen LogP contribution in [0.2, 0.25) is 0 Å². The standard InChI is InChI=1S/C24H34N4O2/c1-19-9-10-21(23(15-19)30-18-20-11-14-29-17-20)16-28-24(25-2)27-13-6-12-26-22-7-4-3-5-8-22/h3-5,7-10,15,20,26H,6,11-14,16-18H2,1-2H3,(H2,25,27,28). The van der Waals surface area contributed by atoms with E-state index in [-0.39, 0.29) is 0 Å². The van der Waals surface area contributed by atoms with Crippen LogP contribution in [-0.4, -0.2) is 45.9 Å². The highest BCUT2D eigenvalue weighted by atomic mass is 16.5. The van der Waals surface area contributed by atoms with Crippen LogP contribution in [0.4, 0.5) is 5.69 Å². The van der Waals surface area contributed by atoms with Crippen molar-refractivity contribution >= 4 is 11.6 Å². The maximum atomic E-state index is 6.13. The number of benzene rings is 2. The minimum Gasteiger partial charge on any atom is -0.493 e.